The molecule has 0 N–H and O–H groups in total. The molecule has 0 aliphatic carbocycles. The van der Waals surface area contributed by atoms with Crippen molar-refractivity contribution < 1.29 is 24.1 Å². The Labute approximate surface area is 145 Å². The number of carbonyl (C=O) groups is 1. The second-order valence-electron chi connectivity index (χ2n) is 5.59. The van der Waals surface area contributed by atoms with Gasteiger partial charge < -0.3 is 19.5 Å². The van der Waals surface area contributed by atoms with Gasteiger partial charge in [0.2, 0.25) is 5.28 Å². The maximum Gasteiger partial charge on any atom is 0.316 e. The van der Waals surface area contributed by atoms with Gasteiger partial charge in [-0.15, -0.1) is 0 Å². The number of carbonyl (C=O) groups excluding carboxylic acids is 1. The summed E-state index contributed by atoms with van der Waals surface area (Å²) in [4.78, 5) is 17.0. The van der Waals surface area contributed by atoms with Crippen molar-refractivity contribution in [2.75, 3.05) is 28.0 Å². The Morgan fingerprint density at radius 1 is 1.24 bits per heavy atom. The molecule has 0 aromatic heterocycles. The molecule has 2 rings (SSSR count). The smallest absolute Gasteiger partial charge is 0.316 e. The summed E-state index contributed by atoms with van der Waals surface area (Å²) in [6.07, 6.45) is 0. The van der Waals surface area contributed by atoms with Crippen LogP contribution in [0.15, 0.2) is 41.7 Å². The standard InChI is InChI=1S/C17H21N3O5/c1-12(17(21)24-11-25-18-20(22)19(2)3)13-5-6-15-10-16(23-4)8-7-14(15)9-13/h5-10,12H,11H2,1-4H3/b20-18-. The van der Waals surface area contributed by atoms with Crippen molar-refractivity contribution >= 4 is 16.7 Å². The second-order valence-corrected chi connectivity index (χ2v) is 5.59. The van der Waals surface area contributed by atoms with Gasteiger partial charge >= 0.3 is 5.97 Å². The number of hydrazine groups is 1. The zero-order valence-electron chi connectivity index (χ0n) is 14.6. The summed E-state index contributed by atoms with van der Waals surface area (Å²) in [5, 5.41) is 17.5. The lowest BCUT2D eigenvalue weighted by molar-refractivity contribution is -0.700. The van der Waals surface area contributed by atoms with Crippen molar-refractivity contribution in [1.29, 1.82) is 0 Å². The molecule has 134 valence electrons. The summed E-state index contributed by atoms with van der Waals surface area (Å²) in [7, 11) is 4.62. The molecule has 2 aromatic carbocycles. The first kappa shape index (κ1) is 18.3. The number of nitrogens with zero attached hydrogens (tertiary/aromatic N) is 3. The number of rotatable bonds is 7. The number of ether oxygens (including phenoxy) is 2. The predicted octanol–water partition coefficient (Wildman–Crippen LogP) is 2.82. The number of hydrogen-bond donors (Lipinski definition) is 0. The molecule has 0 fully saturated rings. The monoisotopic (exact) mass is 347 g/mol. The number of hydrogen-bond acceptors (Lipinski definition) is 6. The molecular formula is C17H21N3O5. The van der Waals surface area contributed by atoms with Gasteiger partial charge in [-0.25, -0.2) is 0 Å². The van der Waals surface area contributed by atoms with E-state index in [2.05, 4.69) is 10.1 Å². The maximum atomic E-state index is 12.1. The third-order valence-corrected chi connectivity index (χ3v) is 3.65. The molecule has 0 radical (unpaired) electrons. The molecule has 0 amide bonds. The Bertz CT molecular complexity index is 776. The second kappa shape index (κ2) is 8.18. The van der Waals surface area contributed by atoms with Gasteiger partial charge in [0.1, 0.15) is 5.75 Å². The molecule has 1 unspecified atom stereocenters. The van der Waals surface area contributed by atoms with Crippen LogP contribution in [0.25, 0.3) is 10.8 Å². The van der Waals surface area contributed by atoms with Crippen molar-refractivity contribution in [3.63, 3.8) is 0 Å². The molecule has 0 saturated heterocycles. The summed E-state index contributed by atoms with van der Waals surface area (Å²) < 4.78 is 10.2. The van der Waals surface area contributed by atoms with Crippen molar-refractivity contribution in [3.05, 3.63) is 47.2 Å². The summed E-state index contributed by atoms with van der Waals surface area (Å²) in [6.45, 7) is 1.31. The summed E-state index contributed by atoms with van der Waals surface area (Å²) >= 11 is 0. The minimum Gasteiger partial charge on any atom is -0.569 e. The highest BCUT2D eigenvalue weighted by Gasteiger charge is 2.17. The molecular weight excluding hydrogens is 326 g/mol. The van der Waals surface area contributed by atoms with Gasteiger partial charge in [-0.1, -0.05) is 24.3 Å². The Morgan fingerprint density at radius 2 is 1.92 bits per heavy atom. The Balaban J connectivity index is 1.99. The first-order chi connectivity index (χ1) is 11.9. The van der Waals surface area contributed by atoms with Crippen LogP contribution in [0.3, 0.4) is 0 Å². The minimum atomic E-state index is -0.479. The van der Waals surface area contributed by atoms with Crippen LogP contribution in [0, 0.1) is 5.21 Å². The van der Waals surface area contributed by atoms with Crippen LogP contribution < -0.4 is 4.74 Å². The number of esters is 1. The first-order valence-electron chi connectivity index (χ1n) is 7.64. The normalized spacial score (nSPS) is 12.6. The SMILES string of the molecule is COc1ccc2cc(C(C)C(=O)OCO/N=[N+](\[O-])N(C)C)ccc2c1. The molecule has 0 aliphatic rings. The van der Waals surface area contributed by atoms with E-state index < -0.39 is 18.7 Å². The third kappa shape index (κ3) is 4.72. The molecule has 0 bridgehead atoms. The molecule has 0 spiro atoms. The van der Waals surface area contributed by atoms with Crippen LogP contribution in [-0.4, -0.2) is 43.9 Å². The fraction of sp³-hybridized carbons (Fsp3) is 0.353. The summed E-state index contributed by atoms with van der Waals surface area (Å²) in [6, 6.07) is 11.4. The highest BCUT2D eigenvalue weighted by atomic mass is 16.8. The van der Waals surface area contributed by atoms with Gasteiger partial charge in [0.25, 0.3) is 6.79 Å². The molecule has 0 heterocycles. The van der Waals surface area contributed by atoms with Gasteiger partial charge in [-0.3, -0.25) is 4.79 Å². The average molecular weight is 347 g/mol. The van der Waals surface area contributed by atoms with E-state index >= 15 is 0 Å². The van der Waals surface area contributed by atoms with Crippen LogP contribution >= 0.6 is 0 Å². The molecule has 0 aliphatic heterocycles. The molecule has 1 atom stereocenters. The van der Waals surface area contributed by atoms with Gasteiger partial charge in [0, 0.05) is 0 Å². The van der Waals surface area contributed by atoms with E-state index in [0.29, 0.717) is 0 Å². The molecule has 8 heteroatoms. The van der Waals surface area contributed by atoms with Crippen LogP contribution in [-0.2, 0) is 14.4 Å². The van der Waals surface area contributed by atoms with Crippen LogP contribution in [0.2, 0.25) is 0 Å². The summed E-state index contributed by atoms with van der Waals surface area (Å²) in [5.41, 5.74) is 0.818. The highest BCUT2D eigenvalue weighted by Crippen LogP contribution is 2.25. The molecule has 25 heavy (non-hydrogen) atoms. The van der Waals surface area contributed by atoms with E-state index in [1.54, 1.807) is 14.0 Å². The summed E-state index contributed by atoms with van der Waals surface area (Å²) in [5.74, 6) is -0.170. The molecule has 2 aromatic rings. The fourth-order valence-corrected chi connectivity index (χ4v) is 2.13. The van der Waals surface area contributed by atoms with Crippen LogP contribution in [0.5, 0.6) is 5.75 Å². The number of benzene rings is 2. The lowest BCUT2D eigenvalue weighted by Gasteiger charge is -2.12. The van der Waals surface area contributed by atoms with Crippen LogP contribution in [0.1, 0.15) is 18.4 Å². The van der Waals surface area contributed by atoms with Crippen molar-refractivity contribution in [3.8, 4) is 5.75 Å². The van der Waals surface area contributed by atoms with E-state index in [9.17, 15) is 10.0 Å². The first-order valence-corrected chi connectivity index (χ1v) is 7.64. The number of methoxy groups -OCH3 is 1. The molecule has 0 saturated carbocycles. The maximum absolute atomic E-state index is 12.1. The van der Waals surface area contributed by atoms with E-state index in [-0.39, 0.29) is 4.97 Å². The number of fused-ring (bicyclic) bond motifs is 1. The topological polar surface area (TPSA) is 86.4 Å². The van der Waals surface area contributed by atoms with Gasteiger partial charge in [0.05, 0.1) is 32.1 Å². The van der Waals surface area contributed by atoms with Gasteiger partial charge in [0.15, 0.2) is 0 Å². The van der Waals surface area contributed by atoms with Crippen LogP contribution in [0.4, 0.5) is 0 Å². The van der Waals surface area contributed by atoms with E-state index in [4.69, 9.17) is 9.47 Å². The van der Waals surface area contributed by atoms with Crippen molar-refractivity contribution in [2.24, 2.45) is 5.28 Å². The third-order valence-electron chi connectivity index (χ3n) is 3.65. The van der Waals surface area contributed by atoms with E-state index in [1.165, 1.54) is 14.1 Å². The minimum absolute atomic E-state index is 0.231. The lowest BCUT2D eigenvalue weighted by atomic mass is 9.98. The van der Waals surface area contributed by atoms with E-state index in [0.717, 1.165) is 27.1 Å². The quantitative estimate of drug-likeness (QED) is 0.191. The zero-order valence-corrected chi connectivity index (χ0v) is 14.6. The molecule has 8 nitrogen and oxygen atoms in total. The highest BCUT2D eigenvalue weighted by molar-refractivity contribution is 5.86. The largest absolute Gasteiger partial charge is 0.569 e. The van der Waals surface area contributed by atoms with Gasteiger partial charge in [-0.05, 0) is 35.4 Å². The lowest BCUT2D eigenvalue weighted by Crippen LogP contribution is -2.21. The van der Waals surface area contributed by atoms with Crippen molar-refractivity contribution in [1.82, 2.24) is 5.01 Å². The van der Waals surface area contributed by atoms with Gasteiger partial charge in [-0.2, -0.15) is 5.01 Å². The Hall–Kier alpha value is -3.03. The Kier molecular flexibility index (Phi) is 5.99. The van der Waals surface area contributed by atoms with Crippen molar-refractivity contribution in [2.45, 2.75) is 12.8 Å². The zero-order chi connectivity index (χ0) is 18.4. The predicted molar refractivity (Wildman–Crippen MR) is 90.7 cm³/mol. The van der Waals surface area contributed by atoms with E-state index in [1.807, 2.05) is 36.4 Å². The fourth-order valence-electron chi connectivity index (χ4n) is 2.13. The Morgan fingerprint density at radius 3 is 2.60 bits per heavy atom. The average Bonchev–Trinajstić information content (AvgIpc) is 2.63.